The van der Waals surface area contributed by atoms with Crippen molar-refractivity contribution < 1.29 is 19.5 Å². The van der Waals surface area contributed by atoms with Crippen LogP contribution >= 0.6 is 0 Å². The van der Waals surface area contributed by atoms with E-state index in [1.54, 1.807) is 0 Å². The molecule has 1 rings (SSSR count). The predicted octanol–water partition coefficient (Wildman–Crippen LogP) is -1.60. The number of nitrogen functional groups attached to an aromatic ring is 1. The maximum absolute atomic E-state index is 11.8. The van der Waals surface area contributed by atoms with E-state index in [-0.39, 0.29) is 28.9 Å². The van der Waals surface area contributed by atoms with Gasteiger partial charge in [-0.3, -0.25) is 14.4 Å². The maximum Gasteiger partial charge on any atom is 0.180 e. The van der Waals surface area contributed by atoms with Crippen molar-refractivity contribution in [3.63, 3.8) is 0 Å². The number of carbonyl (C=O) groups excluding carboxylic acids is 3. The zero-order chi connectivity index (χ0) is 15.4. The zero-order valence-corrected chi connectivity index (χ0v) is 10.7. The number of carbonyl (C=O) groups is 3. The minimum absolute atomic E-state index is 0.129. The third kappa shape index (κ3) is 2.67. The molecule has 9 N–H and O–H groups in total. The molecule has 0 aliphatic heterocycles. The van der Waals surface area contributed by atoms with Gasteiger partial charge in [0.15, 0.2) is 17.3 Å². The van der Waals surface area contributed by atoms with E-state index in [0.29, 0.717) is 0 Å². The number of anilines is 1. The fourth-order valence-electron chi connectivity index (χ4n) is 1.80. The summed E-state index contributed by atoms with van der Waals surface area (Å²) in [6, 6.07) is 1.00. The summed E-state index contributed by atoms with van der Waals surface area (Å²) in [7, 11) is 0. The van der Waals surface area contributed by atoms with Gasteiger partial charge in [0.05, 0.1) is 36.4 Å². The Kier molecular flexibility index (Phi) is 4.92. The number of phenolic OH excluding ortho intramolecular Hbond substituents is 1. The smallest absolute Gasteiger partial charge is 0.180 e. The van der Waals surface area contributed by atoms with Gasteiger partial charge in [-0.1, -0.05) is 0 Å². The van der Waals surface area contributed by atoms with E-state index in [1.807, 2.05) is 0 Å². The summed E-state index contributed by atoms with van der Waals surface area (Å²) in [5.41, 5.74) is 20.5. The second-order valence-corrected chi connectivity index (χ2v) is 3.99. The maximum atomic E-state index is 11.8. The molecule has 1 aromatic rings. The van der Waals surface area contributed by atoms with Gasteiger partial charge >= 0.3 is 0 Å². The first kappa shape index (κ1) is 15.8. The SMILES string of the molecule is NCC(=O)c1cc(O)c(C(=O)CN)c(C(=O)CN)c1N. The van der Waals surface area contributed by atoms with Crippen LogP contribution < -0.4 is 22.9 Å². The highest BCUT2D eigenvalue weighted by Gasteiger charge is 2.26. The molecule has 0 saturated heterocycles. The first-order valence-electron chi connectivity index (χ1n) is 5.74. The summed E-state index contributed by atoms with van der Waals surface area (Å²) in [5.74, 6) is -2.49. The molecule has 0 spiro atoms. The Morgan fingerprint density at radius 1 is 0.900 bits per heavy atom. The van der Waals surface area contributed by atoms with Gasteiger partial charge in [0.25, 0.3) is 0 Å². The average molecular weight is 280 g/mol. The van der Waals surface area contributed by atoms with Crippen molar-refractivity contribution in [2.75, 3.05) is 25.4 Å². The molecule has 0 fully saturated rings. The van der Waals surface area contributed by atoms with E-state index in [1.165, 1.54) is 0 Å². The van der Waals surface area contributed by atoms with Gasteiger partial charge in [0, 0.05) is 5.56 Å². The lowest BCUT2D eigenvalue weighted by Crippen LogP contribution is -2.25. The second-order valence-electron chi connectivity index (χ2n) is 3.99. The van der Waals surface area contributed by atoms with Crippen LogP contribution in [0.2, 0.25) is 0 Å². The largest absolute Gasteiger partial charge is 0.507 e. The van der Waals surface area contributed by atoms with Gasteiger partial charge in [-0.05, 0) is 6.07 Å². The van der Waals surface area contributed by atoms with Gasteiger partial charge < -0.3 is 28.0 Å². The molecule has 0 aliphatic rings. The molecule has 8 nitrogen and oxygen atoms in total. The van der Waals surface area contributed by atoms with Crippen molar-refractivity contribution in [1.82, 2.24) is 0 Å². The number of phenols is 1. The molecule has 8 heteroatoms. The Morgan fingerprint density at radius 2 is 1.35 bits per heavy atom. The summed E-state index contributed by atoms with van der Waals surface area (Å²) in [6.07, 6.45) is 0. The van der Waals surface area contributed by atoms with Crippen molar-refractivity contribution in [2.24, 2.45) is 17.2 Å². The molecule has 1 aromatic carbocycles. The predicted molar refractivity (Wildman–Crippen MR) is 72.7 cm³/mol. The van der Waals surface area contributed by atoms with Crippen LogP contribution in [-0.4, -0.2) is 42.1 Å². The minimum atomic E-state index is -0.683. The number of aromatic hydroxyl groups is 1. The number of ketones is 3. The normalized spacial score (nSPS) is 10.3. The van der Waals surface area contributed by atoms with Crippen molar-refractivity contribution in [1.29, 1.82) is 0 Å². The first-order valence-corrected chi connectivity index (χ1v) is 5.74. The molecular formula is C12H16N4O4. The van der Waals surface area contributed by atoms with Crippen LogP contribution in [0.25, 0.3) is 0 Å². The fourth-order valence-corrected chi connectivity index (χ4v) is 1.80. The Bertz CT molecular complexity index is 583. The van der Waals surface area contributed by atoms with Crippen LogP contribution in [0.4, 0.5) is 5.69 Å². The van der Waals surface area contributed by atoms with Crippen LogP contribution in [0.1, 0.15) is 31.1 Å². The highest BCUT2D eigenvalue weighted by Crippen LogP contribution is 2.31. The van der Waals surface area contributed by atoms with Crippen LogP contribution in [0.15, 0.2) is 6.07 Å². The Labute approximate surface area is 114 Å². The Hall–Kier alpha value is -2.29. The molecule has 0 atom stereocenters. The lowest BCUT2D eigenvalue weighted by atomic mass is 9.92. The molecule has 0 amide bonds. The third-order valence-electron chi connectivity index (χ3n) is 2.76. The zero-order valence-electron chi connectivity index (χ0n) is 10.7. The number of nitrogens with two attached hydrogens (primary N) is 4. The van der Waals surface area contributed by atoms with Gasteiger partial charge in [0.1, 0.15) is 5.75 Å². The number of hydrogen-bond acceptors (Lipinski definition) is 8. The topological polar surface area (TPSA) is 176 Å². The first-order chi connectivity index (χ1) is 9.38. The number of benzene rings is 1. The summed E-state index contributed by atoms with van der Waals surface area (Å²) in [5, 5.41) is 9.87. The summed E-state index contributed by atoms with van der Waals surface area (Å²) < 4.78 is 0. The van der Waals surface area contributed by atoms with Gasteiger partial charge in [-0.15, -0.1) is 0 Å². The van der Waals surface area contributed by atoms with Crippen molar-refractivity contribution in [3.8, 4) is 5.75 Å². The summed E-state index contributed by atoms with van der Waals surface area (Å²) in [4.78, 5) is 35.2. The van der Waals surface area contributed by atoms with Crippen molar-refractivity contribution >= 4 is 23.0 Å². The highest BCUT2D eigenvalue weighted by atomic mass is 16.3. The number of rotatable bonds is 6. The van der Waals surface area contributed by atoms with Gasteiger partial charge in [-0.2, -0.15) is 0 Å². The molecule has 0 radical (unpaired) electrons. The number of Topliss-reactive ketones (excluding diaryl/α,β-unsaturated/α-hetero) is 3. The lowest BCUT2D eigenvalue weighted by Gasteiger charge is -2.14. The molecule has 0 saturated carbocycles. The molecule has 0 aliphatic carbocycles. The summed E-state index contributed by atoms with van der Waals surface area (Å²) in [6.45, 7) is -1.22. The minimum Gasteiger partial charge on any atom is -0.507 e. The van der Waals surface area contributed by atoms with Gasteiger partial charge in [0.2, 0.25) is 0 Å². The molecular weight excluding hydrogens is 264 g/mol. The van der Waals surface area contributed by atoms with Gasteiger partial charge in [-0.25, -0.2) is 0 Å². The van der Waals surface area contributed by atoms with E-state index in [2.05, 4.69) is 0 Å². The van der Waals surface area contributed by atoms with E-state index in [4.69, 9.17) is 22.9 Å². The van der Waals surface area contributed by atoms with Crippen molar-refractivity contribution in [2.45, 2.75) is 0 Å². The highest BCUT2D eigenvalue weighted by molar-refractivity contribution is 6.18. The average Bonchev–Trinajstić information content (AvgIpc) is 2.46. The third-order valence-corrected chi connectivity index (χ3v) is 2.76. The summed E-state index contributed by atoms with van der Waals surface area (Å²) >= 11 is 0. The fraction of sp³-hybridized carbons (Fsp3) is 0.250. The second kappa shape index (κ2) is 6.24. The van der Waals surface area contributed by atoms with E-state index in [9.17, 15) is 19.5 Å². The lowest BCUT2D eigenvalue weighted by molar-refractivity contribution is 0.0965. The monoisotopic (exact) mass is 280 g/mol. The molecule has 0 unspecified atom stereocenters. The van der Waals surface area contributed by atoms with Crippen LogP contribution in [-0.2, 0) is 0 Å². The van der Waals surface area contributed by atoms with Crippen LogP contribution in [0.3, 0.4) is 0 Å². The molecule has 0 bridgehead atoms. The molecule has 0 heterocycles. The van der Waals surface area contributed by atoms with Crippen LogP contribution in [0, 0.1) is 0 Å². The van der Waals surface area contributed by atoms with E-state index in [0.717, 1.165) is 6.07 Å². The quantitative estimate of drug-likeness (QED) is 0.235. The number of hydrogen-bond donors (Lipinski definition) is 5. The van der Waals surface area contributed by atoms with Crippen LogP contribution in [0.5, 0.6) is 5.75 Å². The van der Waals surface area contributed by atoms with E-state index >= 15 is 0 Å². The molecule has 108 valence electrons. The Balaban J connectivity index is 3.71. The Morgan fingerprint density at radius 3 is 1.80 bits per heavy atom. The molecule has 20 heavy (non-hydrogen) atoms. The van der Waals surface area contributed by atoms with Crippen molar-refractivity contribution in [3.05, 3.63) is 22.8 Å². The molecule has 0 aromatic heterocycles. The van der Waals surface area contributed by atoms with E-state index < -0.39 is 36.2 Å². The standard InChI is InChI=1S/C12H16N4O4/c13-2-7(18)5-1-6(17)10(8(19)3-14)11(12(5)16)9(20)4-15/h1,17H,2-4,13-16H2.